The zero-order valence-electron chi connectivity index (χ0n) is 20.6. The van der Waals surface area contributed by atoms with E-state index in [0.717, 1.165) is 0 Å². The SMILES string of the molecule is N=C(O[C@H]1OC[C@H](OC(=O)c2ccccc2)[C@H](OC(=O)c2ccccc2)[C@H]1OC(=O)c1ccccc1)C(Cl)(Cl)Cl. The zero-order chi connectivity index (χ0) is 28.7. The van der Waals surface area contributed by atoms with Gasteiger partial charge in [0.2, 0.25) is 18.3 Å². The van der Waals surface area contributed by atoms with Crippen molar-refractivity contribution in [3.05, 3.63) is 108 Å². The lowest BCUT2D eigenvalue weighted by Crippen LogP contribution is -2.59. The first kappa shape index (κ1) is 29.4. The second-order valence-corrected chi connectivity index (χ2v) is 10.7. The number of benzene rings is 3. The van der Waals surface area contributed by atoms with Gasteiger partial charge in [0.25, 0.3) is 3.79 Å². The largest absolute Gasteiger partial charge is 0.452 e. The molecule has 3 aromatic carbocycles. The highest BCUT2D eigenvalue weighted by Gasteiger charge is 2.50. The third-order valence-electron chi connectivity index (χ3n) is 5.65. The van der Waals surface area contributed by atoms with Crippen molar-refractivity contribution in [2.75, 3.05) is 6.61 Å². The summed E-state index contributed by atoms with van der Waals surface area (Å²) in [6, 6.07) is 24.1. The molecule has 1 aliphatic rings. The van der Waals surface area contributed by atoms with Crippen LogP contribution in [0.3, 0.4) is 0 Å². The minimum atomic E-state index is -2.27. The van der Waals surface area contributed by atoms with Crippen LogP contribution in [-0.2, 0) is 23.7 Å². The third kappa shape index (κ3) is 7.51. The van der Waals surface area contributed by atoms with Gasteiger partial charge in [0.05, 0.1) is 23.3 Å². The first-order chi connectivity index (χ1) is 19.1. The van der Waals surface area contributed by atoms with Gasteiger partial charge in [-0.25, -0.2) is 14.4 Å². The Morgan fingerprint density at radius 3 is 1.48 bits per heavy atom. The van der Waals surface area contributed by atoms with E-state index in [9.17, 15) is 14.4 Å². The van der Waals surface area contributed by atoms with Crippen molar-refractivity contribution in [1.29, 1.82) is 5.41 Å². The highest BCUT2D eigenvalue weighted by molar-refractivity contribution is 6.76. The molecule has 0 bridgehead atoms. The summed E-state index contributed by atoms with van der Waals surface area (Å²) in [5.41, 5.74) is 0.570. The van der Waals surface area contributed by atoms with Gasteiger partial charge in [-0.15, -0.1) is 0 Å². The number of ether oxygens (including phenoxy) is 5. The van der Waals surface area contributed by atoms with Crippen LogP contribution in [0.15, 0.2) is 91.0 Å². The number of hydrogen-bond donors (Lipinski definition) is 1. The van der Waals surface area contributed by atoms with Gasteiger partial charge in [0.1, 0.15) is 0 Å². The molecule has 1 N–H and O–H groups in total. The van der Waals surface area contributed by atoms with E-state index in [-0.39, 0.29) is 23.3 Å². The van der Waals surface area contributed by atoms with E-state index in [0.29, 0.717) is 0 Å². The first-order valence-corrected chi connectivity index (χ1v) is 13.0. The molecule has 0 amide bonds. The van der Waals surface area contributed by atoms with Crippen LogP contribution < -0.4 is 0 Å². The molecular weight excluding hydrogens is 585 g/mol. The van der Waals surface area contributed by atoms with Gasteiger partial charge >= 0.3 is 17.9 Å². The van der Waals surface area contributed by atoms with Gasteiger partial charge in [0.15, 0.2) is 12.2 Å². The van der Waals surface area contributed by atoms with E-state index >= 15 is 0 Å². The second kappa shape index (κ2) is 13.1. The maximum absolute atomic E-state index is 13.1. The van der Waals surface area contributed by atoms with Crippen LogP contribution in [0.25, 0.3) is 0 Å². The van der Waals surface area contributed by atoms with Gasteiger partial charge < -0.3 is 23.7 Å². The molecule has 0 unspecified atom stereocenters. The van der Waals surface area contributed by atoms with Crippen LogP contribution in [0.5, 0.6) is 0 Å². The minimum Gasteiger partial charge on any atom is -0.452 e. The molecule has 1 saturated heterocycles. The summed E-state index contributed by atoms with van der Waals surface area (Å²) in [5, 5.41) is 8.00. The Morgan fingerprint density at radius 2 is 1.05 bits per heavy atom. The Bertz CT molecular complexity index is 1340. The number of esters is 3. The van der Waals surface area contributed by atoms with Gasteiger partial charge in [0, 0.05) is 0 Å². The molecule has 12 heteroatoms. The van der Waals surface area contributed by atoms with Gasteiger partial charge in [-0.2, -0.15) is 0 Å². The molecule has 40 heavy (non-hydrogen) atoms. The summed E-state index contributed by atoms with van der Waals surface area (Å²) in [4.78, 5) is 39.1. The third-order valence-corrected chi connectivity index (χ3v) is 6.16. The Hall–Kier alpha value is -3.63. The number of rotatable bonds is 7. The first-order valence-electron chi connectivity index (χ1n) is 11.9. The summed E-state index contributed by atoms with van der Waals surface area (Å²) < 4.78 is 25.9. The number of alkyl halides is 3. The zero-order valence-corrected chi connectivity index (χ0v) is 22.8. The monoisotopic (exact) mass is 605 g/mol. The van der Waals surface area contributed by atoms with Crippen molar-refractivity contribution in [1.82, 2.24) is 0 Å². The molecule has 1 aliphatic heterocycles. The van der Waals surface area contributed by atoms with Crippen LogP contribution in [0.1, 0.15) is 31.1 Å². The van der Waals surface area contributed by atoms with Crippen LogP contribution in [0.2, 0.25) is 0 Å². The van der Waals surface area contributed by atoms with E-state index in [1.807, 2.05) is 0 Å². The normalized spacial score (nSPS) is 20.6. The van der Waals surface area contributed by atoms with Crippen LogP contribution in [0.4, 0.5) is 0 Å². The van der Waals surface area contributed by atoms with E-state index in [4.69, 9.17) is 63.9 Å². The Morgan fingerprint density at radius 1 is 0.650 bits per heavy atom. The Balaban J connectivity index is 1.68. The predicted octanol–water partition coefficient (Wildman–Crippen LogP) is 5.38. The average Bonchev–Trinajstić information content (AvgIpc) is 2.96. The molecule has 0 aromatic heterocycles. The molecule has 0 saturated carbocycles. The van der Waals surface area contributed by atoms with Crippen molar-refractivity contribution < 1.29 is 38.1 Å². The molecule has 4 rings (SSSR count). The topological polar surface area (TPSA) is 121 Å². The molecular formula is C28H22Cl3NO8. The lowest BCUT2D eigenvalue weighted by Gasteiger charge is -2.40. The van der Waals surface area contributed by atoms with Crippen LogP contribution in [-0.4, -0.2) is 58.8 Å². The van der Waals surface area contributed by atoms with Crippen LogP contribution in [0, 0.1) is 5.41 Å². The highest BCUT2D eigenvalue weighted by Crippen LogP contribution is 2.32. The van der Waals surface area contributed by atoms with Gasteiger partial charge in [-0.1, -0.05) is 89.4 Å². The fraction of sp³-hybridized carbons (Fsp3) is 0.214. The summed E-state index contributed by atoms with van der Waals surface area (Å²) in [5.74, 6) is -3.21. The smallest absolute Gasteiger partial charge is 0.338 e. The fourth-order valence-corrected chi connectivity index (χ4v) is 3.84. The van der Waals surface area contributed by atoms with Crippen molar-refractivity contribution in [3.8, 4) is 0 Å². The molecule has 9 nitrogen and oxygen atoms in total. The molecule has 0 radical (unpaired) electrons. The van der Waals surface area contributed by atoms with E-state index in [2.05, 4.69) is 0 Å². The number of carbonyl (C=O) groups is 3. The molecule has 0 spiro atoms. The van der Waals surface area contributed by atoms with Crippen molar-refractivity contribution in [2.45, 2.75) is 28.4 Å². The van der Waals surface area contributed by atoms with E-state index in [1.54, 1.807) is 54.6 Å². The standard InChI is InChI=1S/C28H22Cl3NO8/c29-28(30,31)27(32)40-26-22(39-25(35)19-14-8-3-9-15-19)21(38-24(34)18-12-6-2-7-13-18)20(16-36-26)37-23(33)17-10-4-1-5-11-17/h1-15,20-22,26,32H,16H2/t20-,21-,22+,26+/m0/s1. The van der Waals surface area contributed by atoms with Gasteiger partial charge in [-0.3, -0.25) is 5.41 Å². The van der Waals surface area contributed by atoms with Crippen molar-refractivity contribution in [3.63, 3.8) is 0 Å². The summed E-state index contributed by atoms with van der Waals surface area (Å²) in [6.07, 6.45) is -5.84. The fourth-order valence-electron chi connectivity index (χ4n) is 3.71. The van der Waals surface area contributed by atoms with Gasteiger partial charge in [-0.05, 0) is 36.4 Å². The predicted molar refractivity (Wildman–Crippen MR) is 146 cm³/mol. The van der Waals surface area contributed by atoms with E-state index < -0.39 is 52.2 Å². The molecule has 0 aliphatic carbocycles. The summed E-state index contributed by atoms with van der Waals surface area (Å²) >= 11 is 17.3. The molecule has 1 heterocycles. The second-order valence-electron chi connectivity index (χ2n) is 8.43. The summed E-state index contributed by atoms with van der Waals surface area (Å²) in [6.45, 7) is -0.373. The minimum absolute atomic E-state index is 0.161. The number of carbonyl (C=O) groups excluding carboxylic acids is 3. The molecule has 208 valence electrons. The highest BCUT2D eigenvalue weighted by atomic mass is 35.6. The molecule has 1 fully saturated rings. The van der Waals surface area contributed by atoms with Crippen molar-refractivity contribution >= 4 is 58.6 Å². The van der Waals surface area contributed by atoms with E-state index in [1.165, 1.54) is 36.4 Å². The quantitative estimate of drug-likeness (QED) is 0.125. The summed E-state index contributed by atoms with van der Waals surface area (Å²) in [7, 11) is 0. The maximum Gasteiger partial charge on any atom is 0.338 e. The Labute approximate surface area is 244 Å². The number of hydrogen-bond acceptors (Lipinski definition) is 9. The number of halogens is 3. The maximum atomic E-state index is 13.1. The number of nitrogens with one attached hydrogen (secondary N) is 1. The lowest BCUT2D eigenvalue weighted by atomic mass is 10.0. The average molecular weight is 607 g/mol. The lowest BCUT2D eigenvalue weighted by molar-refractivity contribution is -0.245. The molecule has 4 atom stereocenters. The molecule has 3 aromatic rings. The van der Waals surface area contributed by atoms with Crippen LogP contribution >= 0.6 is 34.8 Å². The van der Waals surface area contributed by atoms with Crippen molar-refractivity contribution in [2.24, 2.45) is 0 Å². The Kier molecular flexibility index (Phi) is 9.65.